The molecule has 4 nitrogen and oxygen atoms in total. The molecule has 0 aromatic heterocycles. The minimum Gasteiger partial charge on any atom is -0.375 e. The quantitative estimate of drug-likeness (QED) is 0.721. The van der Waals surface area contributed by atoms with E-state index in [0.717, 1.165) is 24.9 Å². The van der Waals surface area contributed by atoms with E-state index in [1.165, 1.54) is 6.26 Å². The molecule has 0 spiro atoms. The summed E-state index contributed by atoms with van der Waals surface area (Å²) in [6.07, 6.45) is 3.69. The number of benzene rings is 1. The predicted octanol–water partition coefficient (Wildman–Crippen LogP) is 2.57. The number of nitrogens with one attached hydrogen (secondary N) is 1. The molecule has 0 bridgehead atoms. The first-order valence-corrected chi connectivity index (χ1v) is 9.52. The van der Waals surface area contributed by atoms with E-state index < -0.39 is 9.84 Å². The van der Waals surface area contributed by atoms with Crippen LogP contribution in [0.15, 0.2) is 30.3 Å². The predicted molar refractivity (Wildman–Crippen MR) is 87.2 cm³/mol. The SMILES string of the molecule is CCCNC(CCCS(C)(=O)=O)C(OC)c1ccccc1. The molecule has 0 aliphatic rings. The van der Waals surface area contributed by atoms with Gasteiger partial charge in [-0.1, -0.05) is 37.3 Å². The van der Waals surface area contributed by atoms with Crippen LogP contribution >= 0.6 is 0 Å². The Hall–Kier alpha value is -0.910. The fourth-order valence-electron chi connectivity index (χ4n) is 2.43. The molecule has 0 saturated heterocycles. The molecule has 120 valence electrons. The third kappa shape index (κ3) is 7.07. The van der Waals surface area contributed by atoms with Gasteiger partial charge in [0.05, 0.1) is 6.10 Å². The number of methoxy groups -OCH3 is 1. The molecule has 5 heteroatoms. The maximum Gasteiger partial charge on any atom is 0.147 e. The molecule has 21 heavy (non-hydrogen) atoms. The summed E-state index contributed by atoms with van der Waals surface area (Å²) >= 11 is 0. The maximum atomic E-state index is 11.3. The summed E-state index contributed by atoms with van der Waals surface area (Å²) in [5.41, 5.74) is 1.12. The molecule has 0 saturated carbocycles. The van der Waals surface area contributed by atoms with Crippen LogP contribution in [0.4, 0.5) is 0 Å². The van der Waals surface area contributed by atoms with E-state index in [0.29, 0.717) is 6.42 Å². The van der Waals surface area contributed by atoms with Crippen LogP contribution in [0, 0.1) is 0 Å². The molecule has 1 aromatic carbocycles. The van der Waals surface area contributed by atoms with Gasteiger partial charge in [-0.2, -0.15) is 0 Å². The van der Waals surface area contributed by atoms with Gasteiger partial charge in [0.25, 0.3) is 0 Å². The van der Waals surface area contributed by atoms with E-state index in [4.69, 9.17) is 4.74 Å². The van der Waals surface area contributed by atoms with Gasteiger partial charge in [-0.25, -0.2) is 8.42 Å². The van der Waals surface area contributed by atoms with Crippen LogP contribution < -0.4 is 5.32 Å². The van der Waals surface area contributed by atoms with Crippen molar-refractivity contribution in [1.82, 2.24) is 5.32 Å². The van der Waals surface area contributed by atoms with E-state index in [1.54, 1.807) is 7.11 Å². The lowest BCUT2D eigenvalue weighted by atomic mass is 9.98. The van der Waals surface area contributed by atoms with Gasteiger partial charge in [0.15, 0.2) is 0 Å². The first-order valence-electron chi connectivity index (χ1n) is 7.46. The average Bonchev–Trinajstić information content (AvgIpc) is 2.44. The molecule has 1 N–H and O–H groups in total. The molecule has 0 aliphatic carbocycles. The zero-order valence-electron chi connectivity index (χ0n) is 13.2. The largest absolute Gasteiger partial charge is 0.375 e. The molecule has 2 unspecified atom stereocenters. The van der Waals surface area contributed by atoms with Crippen LogP contribution in [-0.2, 0) is 14.6 Å². The van der Waals surface area contributed by atoms with E-state index in [9.17, 15) is 8.42 Å². The van der Waals surface area contributed by atoms with E-state index in [-0.39, 0.29) is 17.9 Å². The molecule has 1 aromatic rings. The van der Waals surface area contributed by atoms with Gasteiger partial charge in [0.1, 0.15) is 9.84 Å². The van der Waals surface area contributed by atoms with Crippen LogP contribution in [0.1, 0.15) is 37.9 Å². The van der Waals surface area contributed by atoms with Crippen LogP contribution in [-0.4, -0.2) is 40.1 Å². The summed E-state index contributed by atoms with van der Waals surface area (Å²) in [5, 5.41) is 3.49. The van der Waals surface area contributed by atoms with Crippen molar-refractivity contribution in [2.75, 3.05) is 25.7 Å². The zero-order chi connectivity index (χ0) is 15.7. The lowest BCUT2D eigenvalue weighted by molar-refractivity contribution is 0.0647. The standard InChI is InChI=1S/C16H27NO3S/c1-4-12-17-15(11-8-13-21(3,18)19)16(20-2)14-9-6-5-7-10-14/h5-7,9-10,15-17H,4,8,11-13H2,1-3H3. The van der Waals surface area contributed by atoms with Crippen molar-refractivity contribution in [3.8, 4) is 0 Å². The van der Waals surface area contributed by atoms with Gasteiger partial charge < -0.3 is 10.1 Å². The Bertz CT molecular complexity index is 488. The second-order valence-corrected chi connectivity index (χ2v) is 7.66. The maximum absolute atomic E-state index is 11.3. The number of hydrogen-bond acceptors (Lipinski definition) is 4. The Morgan fingerprint density at radius 3 is 2.43 bits per heavy atom. The fraction of sp³-hybridized carbons (Fsp3) is 0.625. The number of hydrogen-bond donors (Lipinski definition) is 1. The van der Waals surface area contributed by atoms with Crippen LogP contribution in [0.5, 0.6) is 0 Å². The second-order valence-electron chi connectivity index (χ2n) is 5.40. The van der Waals surface area contributed by atoms with Crippen molar-refractivity contribution in [3.63, 3.8) is 0 Å². The van der Waals surface area contributed by atoms with Crippen molar-refractivity contribution >= 4 is 9.84 Å². The molecule has 0 fully saturated rings. The summed E-state index contributed by atoms with van der Waals surface area (Å²) in [4.78, 5) is 0. The van der Waals surface area contributed by atoms with Gasteiger partial charge in [-0.15, -0.1) is 0 Å². The highest BCUT2D eigenvalue weighted by Crippen LogP contribution is 2.23. The van der Waals surface area contributed by atoms with Gasteiger partial charge in [0, 0.05) is 25.2 Å². The average molecular weight is 313 g/mol. The van der Waals surface area contributed by atoms with Crippen LogP contribution in [0.3, 0.4) is 0 Å². The van der Waals surface area contributed by atoms with Crippen LogP contribution in [0.2, 0.25) is 0 Å². The summed E-state index contributed by atoms with van der Waals surface area (Å²) in [6.45, 7) is 3.02. The number of sulfone groups is 1. The number of ether oxygens (including phenoxy) is 1. The zero-order valence-corrected chi connectivity index (χ0v) is 14.0. The highest BCUT2D eigenvalue weighted by atomic mass is 32.2. The first kappa shape index (κ1) is 18.1. The molecule has 0 radical (unpaired) electrons. The monoisotopic (exact) mass is 313 g/mol. The van der Waals surface area contributed by atoms with Gasteiger partial charge in [-0.05, 0) is 31.4 Å². The Morgan fingerprint density at radius 2 is 1.90 bits per heavy atom. The van der Waals surface area contributed by atoms with Crippen LogP contribution in [0.25, 0.3) is 0 Å². The number of rotatable bonds is 10. The van der Waals surface area contributed by atoms with Gasteiger partial charge >= 0.3 is 0 Å². The Balaban J connectivity index is 2.74. The van der Waals surface area contributed by atoms with Crippen molar-refractivity contribution in [3.05, 3.63) is 35.9 Å². The topological polar surface area (TPSA) is 55.4 Å². The minimum atomic E-state index is -2.91. The Kier molecular flexibility index (Phi) is 7.93. The third-order valence-corrected chi connectivity index (χ3v) is 4.46. The van der Waals surface area contributed by atoms with Crippen molar-refractivity contribution in [1.29, 1.82) is 0 Å². The Morgan fingerprint density at radius 1 is 1.24 bits per heavy atom. The van der Waals surface area contributed by atoms with E-state index in [2.05, 4.69) is 12.2 Å². The normalized spacial score (nSPS) is 14.8. The molecule has 0 aliphatic heterocycles. The van der Waals surface area contributed by atoms with E-state index >= 15 is 0 Å². The van der Waals surface area contributed by atoms with Crippen molar-refractivity contribution in [2.45, 2.75) is 38.3 Å². The molecule has 2 atom stereocenters. The third-order valence-electron chi connectivity index (χ3n) is 3.43. The summed E-state index contributed by atoms with van der Waals surface area (Å²) < 4.78 is 28.2. The molecular formula is C16H27NO3S. The second kappa shape index (κ2) is 9.18. The lowest BCUT2D eigenvalue weighted by Crippen LogP contribution is -2.36. The van der Waals surface area contributed by atoms with Gasteiger partial charge in [0.2, 0.25) is 0 Å². The smallest absolute Gasteiger partial charge is 0.147 e. The minimum absolute atomic E-state index is 0.0580. The highest BCUT2D eigenvalue weighted by molar-refractivity contribution is 7.90. The molecular weight excluding hydrogens is 286 g/mol. The fourth-order valence-corrected chi connectivity index (χ4v) is 3.12. The molecule has 1 rings (SSSR count). The summed E-state index contributed by atoms with van der Waals surface area (Å²) in [6, 6.07) is 10.2. The van der Waals surface area contributed by atoms with Gasteiger partial charge in [-0.3, -0.25) is 0 Å². The first-order chi connectivity index (χ1) is 9.98. The highest BCUT2D eigenvalue weighted by Gasteiger charge is 2.22. The van der Waals surface area contributed by atoms with Crippen molar-refractivity contribution < 1.29 is 13.2 Å². The van der Waals surface area contributed by atoms with Crippen molar-refractivity contribution in [2.24, 2.45) is 0 Å². The molecule has 0 heterocycles. The summed E-state index contributed by atoms with van der Waals surface area (Å²) in [5.74, 6) is 0.225. The Labute approximate surface area is 128 Å². The molecule has 0 amide bonds. The summed E-state index contributed by atoms with van der Waals surface area (Å²) in [7, 11) is -1.20. The van der Waals surface area contributed by atoms with E-state index in [1.807, 2.05) is 30.3 Å². The lowest BCUT2D eigenvalue weighted by Gasteiger charge is -2.27.